The summed E-state index contributed by atoms with van der Waals surface area (Å²) in [4.78, 5) is 0. The largest absolute Gasteiger partial charge is 0.394 e. The summed E-state index contributed by atoms with van der Waals surface area (Å²) in [5.74, 6) is 0. The fraction of sp³-hybridized carbons (Fsp3) is 1.00. The molecule has 32 heavy (non-hydrogen) atoms. The summed E-state index contributed by atoms with van der Waals surface area (Å²) >= 11 is 0. The second-order valence-electron chi connectivity index (χ2n) is 8.14. The fourth-order valence-corrected chi connectivity index (χ4v) is 3.10. The van der Waals surface area contributed by atoms with Crippen LogP contribution in [0.5, 0.6) is 0 Å². The van der Waals surface area contributed by atoms with Crippen LogP contribution in [0.3, 0.4) is 0 Å². The van der Waals surface area contributed by atoms with Gasteiger partial charge in [0.15, 0.2) is 0 Å². The van der Waals surface area contributed by atoms with Gasteiger partial charge in [0.1, 0.15) is 0 Å². The molecule has 0 rings (SSSR count). The number of aliphatic hydroxyl groups excluding tert-OH is 2. The average molecular weight is 465 g/mol. The zero-order chi connectivity index (χ0) is 23.8. The second kappa shape index (κ2) is 35.4. The van der Waals surface area contributed by atoms with Crippen molar-refractivity contribution in [3.63, 3.8) is 0 Å². The monoisotopic (exact) mass is 464 g/mol. The zero-order valence-electron chi connectivity index (χ0n) is 21.5. The number of unbranched alkanes of at least 4 members (excludes halogenated alkanes) is 12. The first kappa shape index (κ1) is 33.9. The SMILES string of the molecule is CCCCCCCCCOCCCCCCCCC.OCCOCCOCCOCCO. The van der Waals surface area contributed by atoms with E-state index in [1.165, 1.54) is 89.9 Å². The highest BCUT2D eigenvalue weighted by molar-refractivity contribution is 4.47. The summed E-state index contributed by atoms with van der Waals surface area (Å²) in [7, 11) is 0. The van der Waals surface area contributed by atoms with E-state index >= 15 is 0 Å². The molecule has 0 bridgehead atoms. The van der Waals surface area contributed by atoms with E-state index in [1.807, 2.05) is 0 Å². The van der Waals surface area contributed by atoms with Crippen molar-refractivity contribution in [3.8, 4) is 0 Å². The lowest BCUT2D eigenvalue weighted by Crippen LogP contribution is -2.11. The Balaban J connectivity index is 0. The number of rotatable bonds is 26. The Kier molecular flexibility index (Phi) is 37.5. The Morgan fingerprint density at radius 2 is 0.625 bits per heavy atom. The molecule has 0 aromatic carbocycles. The molecule has 0 aliphatic carbocycles. The normalized spacial score (nSPS) is 10.9. The van der Waals surface area contributed by atoms with E-state index in [1.54, 1.807) is 0 Å². The van der Waals surface area contributed by atoms with Crippen LogP contribution in [-0.2, 0) is 18.9 Å². The van der Waals surface area contributed by atoms with Gasteiger partial charge in [0.2, 0.25) is 0 Å². The number of aliphatic hydroxyl groups is 2. The molecule has 6 nitrogen and oxygen atoms in total. The van der Waals surface area contributed by atoms with Gasteiger partial charge >= 0.3 is 0 Å². The molecule has 0 saturated heterocycles. The van der Waals surface area contributed by atoms with Crippen molar-refractivity contribution >= 4 is 0 Å². The maximum Gasteiger partial charge on any atom is 0.0701 e. The van der Waals surface area contributed by atoms with Gasteiger partial charge in [-0.15, -0.1) is 0 Å². The molecule has 0 radical (unpaired) electrons. The molecule has 2 N–H and O–H groups in total. The van der Waals surface area contributed by atoms with E-state index in [2.05, 4.69) is 13.8 Å². The van der Waals surface area contributed by atoms with Gasteiger partial charge in [-0.1, -0.05) is 90.9 Å². The quantitative estimate of drug-likeness (QED) is 0.164. The van der Waals surface area contributed by atoms with E-state index in [0.717, 1.165) is 13.2 Å². The molecule has 0 aromatic heterocycles. The van der Waals surface area contributed by atoms with E-state index in [0.29, 0.717) is 39.6 Å². The van der Waals surface area contributed by atoms with Crippen LogP contribution in [0.2, 0.25) is 0 Å². The van der Waals surface area contributed by atoms with Crippen molar-refractivity contribution in [3.05, 3.63) is 0 Å². The van der Waals surface area contributed by atoms with Crippen molar-refractivity contribution < 1.29 is 29.2 Å². The summed E-state index contributed by atoms with van der Waals surface area (Å²) in [6.45, 7) is 9.29. The minimum Gasteiger partial charge on any atom is -0.394 e. The van der Waals surface area contributed by atoms with E-state index in [-0.39, 0.29) is 13.2 Å². The van der Waals surface area contributed by atoms with E-state index < -0.39 is 0 Å². The van der Waals surface area contributed by atoms with Gasteiger partial charge in [0.25, 0.3) is 0 Å². The summed E-state index contributed by atoms with van der Waals surface area (Å²) < 4.78 is 20.7. The molecule has 0 spiro atoms. The smallest absolute Gasteiger partial charge is 0.0701 e. The molecule has 0 aliphatic heterocycles. The number of hydrogen-bond donors (Lipinski definition) is 2. The molecule has 0 amide bonds. The van der Waals surface area contributed by atoms with E-state index in [9.17, 15) is 0 Å². The Hall–Kier alpha value is -0.240. The maximum atomic E-state index is 8.36. The standard InChI is InChI=1S/C18H38O.C8H18O5/c1-3-5-7-9-11-13-15-17-19-18-16-14-12-10-8-6-4-2;9-1-3-11-5-7-13-8-6-12-4-2-10/h3-18H2,1-2H3;9-10H,1-8H2. The lowest BCUT2D eigenvalue weighted by atomic mass is 10.1. The third kappa shape index (κ3) is 37.1. The Morgan fingerprint density at radius 1 is 0.344 bits per heavy atom. The summed E-state index contributed by atoms with van der Waals surface area (Å²) in [6.07, 6.45) is 19.3. The van der Waals surface area contributed by atoms with Crippen molar-refractivity contribution in [1.29, 1.82) is 0 Å². The predicted molar refractivity (Wildman–Crippen MR) is 133 cm³/mol. The first-order chi connectivity index (χ1) is 15.8. The van der Waals surface area contributed by atoms with Crippen molar-refractivity contribution in [1.82, 2.24) is 0 Å². The minimum absolute atomic E-state index is 0.0413. The van der Waals surface area contributed by atoms with Crippen molar-refractivity contribution in [2.75, 3.05) is 66.1 Å². The molecule has 6 heteroatoms. The van der Waals surface area contributed by atoms with E-state index in [4.69, 9.17) is 29.2 Å². The molecule has 0 aromatic rings. The maximum absolute atomic E-state index is 8.36. The Bertz CT molecular complexity index is 265. The molecule has 0 atom stereocenters. The lowest BCUT2D eigenvalue weighted by Gasteiger charge is -2.04. The summed E-state index contributed by atoms with van der Waals surface area (Å²) in [5.41, 5.74) is 0. The fourth-order valence-electron chi connectivity index (χ4n) is 3.10. The van der Waals surface area contributed by atoms with Gasteiger partial charge in [-0.2, -0.15) is 0 Å². The van der Waals surface area contributed by atoms with Crippen LogP contribution in [0.1, 0.15) is 104 Å². The lowest BCUT2D eigenvalue weighted by molar-refractivity contribution is 0.00230. The van der Waals surface area contributed by atoms with Gasteiger partial charge in [-0.25, -0.2) is 0 Å². The van der Waals surface area contributed by atoms with Crippen LogP contribution in [0.4, 0.5) is 0 Å². The minimum atomic E-state index is 0.0413. The third-order valence-corrected chi connectivity index (χ3v) is 5.00. The molecule has 0 aliphatic rings. The van der Waals surface area contributed by atoms with Crippen LogP contribution in [0, 0.1) is 0 Å². The second-order valence-corrected chi connectivity index (χ2v) is 8.14. The van der Waals surface area contributed by atoms with Crippen molar-refractivity contribution in [2.24, 2.45) is 0 Å². The molecular formula is C26H56O6. The molecule has 0 saturated carbocycles. The Labute approximate surface area is 199 Å². The first-order valence-corrected chi connectivity index (χ1v) is 13.4. The van der Waals surface area contributed by atoms with Gasteiger partial charge in [-0.05, 0) is 12.8 Å². The molecule has 0 fully saturated rings. The highest BCUT2D eigenvalue weighted by atomic mass is 16.5. The van der Waals surface area contributed by atoms with Gasteiger partial charge in [0.05, 0.1) is 52.9 Å². The summed E-state index contributed by atoms with van der Waals surface area (Å²) in [5, 5.41) is 16.7. The first-order valence-electron chi connectivity index (χ1n) is 13.4. The molecule has 196 valence electrons. The highest BCUT2D eigenvalue weighted by Gasteiger charge is 1.94. The molecule has 0 unspecified atom stereocenters. The van der Waals surface area contributed by atoms with Crippen LogP contribution < -0.4 is 0 Å². The van der Waals surface area contributed by atoms with Crippen molar-refractivity contribution in [2.45, 2.75) is 104 Å². The topological polar surface area (TPSA) is 77.4 Å². The van der Waals surface area contributed by atoms with Crippen LogP contribution in [0.25, 0.3) is 0 Å². The Morgan fingerprint density at radius 3 is 0.969 bits per heavy atom. The number of hydrogen-bond acceptors (Lipinski definition) is 6. The van der Waals surface area contributed by atoms with Gasteiger partial charge < -0.3 is 29.2 Å². The third-order valence-electron chi connectivity index (χ3n) is 5.00. The van der Waals surface area contributed by atoms with Crippen LogP contribution in [0.15, 0.2) is 0 Å². The summed E-state index contributed by atoms with van der Waals surface area (Å²) in [6, 6.07) is 0. The molecule has 0 heterocycles. The molecular weight excluding hydrogens is 408 g/mol. The van der Waals surface area contributed by atoms with Gasteiger partial charge in [0, 0.05) is 13.2 Å². The van der Waals surface area contributed by atoms with Crippen LogP contribution in [-0.4, -0.2) is 76.3 Å². The highest BCUT2D eigenvalue weighted by Crippen LogP contribution is 2.08. The zero-order valence-corrected chi connectivity index (χ0v) is 21.5. The van der Waals surface area contributed by atoms with Gasteiger partial charge in [-0.3, -0.25) is 0 Å². The predicted octanol–water partition coefficient (Wildman–Crippen LogP) is 5.53. The average Bonchev–Trinajstić information content (AvgIpc) is 2.81. The number of ether oxygens (including phenoxy) is 4. The van der Waals surface area contributed by atoms with Crippen LogP contribution >= 0.6 is 0 Å².